The predicted octanol–water partition coefficient (Wildman–Crippen LogP) is 2.16. The average molecular weight is 250 g/mol. The lowest BCUT2D eigenvalue weighted by Crippen LogP contribution is -2.44. The number of ether oxygens (including phenoxy) is 1. The van der Waals surface area contributed by atoms with Gasteiger partial charge in [-0.05, 0) is 39.3 Å². The Morgan fingerprint density at radius 1 is 1.11 bits per heavy atom. The lowest BCUT2D eigenvalue weighted by molar-refractivity contribution is 0.0483. The number of hydrogen-bond acceptors (Lipinski definition) is 3. The number of amides is 2. The third kappa shape index (κ3) is 4.45. The largest absolute Gasteiger partial charge is 0.443 e. The second kappa shape index (κ2) is 5.53. The Bertz CT molecular complexity index is 450. The minimum atomic E-state index is -0.690. The first-order valence-corrected chi connectivity index (χ1v) is 5.64. The van der Waals surface area contributed by atoms with Crippen LogP contribution in [0.1, 0.15) is 36.7 Å². The van der Waals surface area contributed by atoms with Gasteiger partial charge in [0.1, 0.15) is 5.60 Å². The molecule has 18 heavy (non-hydrogen) atoms. The summed E-state index contributed by atoms with van der Waals surface area (Å²) in [7, 11) is 0. The standard InChI is InChI=1S/C13H18N2O3/c1-9-7-5-6-8-10(9)11(16)14-15-12(17)18-13(2,3)4/h5-8H,1-4H3,(H,14,16)(H,15,17). The van der Waals surface area contributed by atoms with Gasteiger partial charge in [0.05, 0.1) is 0 Å². The van der Waals surface area contributed by atoms with E-state index in [9.17, 15) is 9.59 Å². The first-order chi connectivity index (χ1) is 8.29. The van der Waals surface area contributed by atoms with Gasteiger partial charge in [0.25, 0.3) is 5.91 Å². The summed E-state index contributed by atoms with van der Waals surface area (Å²) in [6.07, 6.45) is -0.690. The molecule has 0 saturated carbocycles. The van der Waals surface area contributed by atoms with Crippen LogP contribution in [-0.2, 0) is 4.74 Å². The maximum atomic E-state index is 11.8. The molecule has 1 rings (SSSR count). The van der Waals surface area contributed by atoms with Crippen LogP contribution in [-0.4, -0.2) is 17.6 Å². The Hall–Kier alpha value is -2.04. The van der Waals surface area contributed by atoms with Crippen LogP contribution in [0.25, 0.3) is 0 Å². The Morgan fingerprint density at radius 2 is 1.72 bits per heavy atom. The van der Waals surface area contributed by atoms with E-state index >= 15 is 0 Å². The fraction of sp³-hybridized carbons (Fsp3) is 0.385. The number of aryl methyl sites for hydroxylation is 1. The number of carbonyl (C=O) groups excluding carboxylic acids is 2. The molecule has 5 nitrogen and oxygen atoms in total. The predicted molar refractivity (Wildman–Crippen MR) is 68.0 cm³/mol. The Kier molecular flexibility index (Phi) is 4.31. The van der Waals surface area contributed by atoms with Crippen LogP contribution in [0, 0.1) is 6.92 Å². The van der Waals surface area contributed by atoms with Crippen LogP contribution >= 0.6 is 0 Å². The summed E-state index contributed by atoms with van der Waals surface area (Å²) in [4.78, 5) is 23.1. The highest BCUT2D eigenvalue weighted by atomic mass is 16.6. The van der Waals surface area contributed by atoms with E-state index in [4.69, 9.17) is 4.74 Å². The lowest BCUT2D eigenvalue weighted by atomic mass is 10.1. The van der Waals surface area contributed by atoms with Gasteiger partial charge >= 0.3 is 6.09 Å². The van der Waals surface area contributed by atoms with Gasteiger partial charge in [0.2, 0.25) is 0 Å². The smallest absolute Gasteiger partial charge is 0.426 e. The maximum Gasteiger partial charge on any atom is 0.426 e. The van der Waals surface area contributed by atoms with E-state index in [1.165, 1.54) is 0 Å². The normalized spacial score (nSPS) is 10.7. The summed E-state index contributed by atoms with van der Waals surface area (Å²) in [5, 5.41) is 0. The van der Waals surface area contributed by atoms with Crippen molar-refractivity contribution in [2.75, 3.05) is 0 Å². The van der Waals surface area contributed by atoms with E-state index in [-0.39, 0.29) is 5.91 Å². The van der Waals surface area contributed by atoms with Gasteiger partial charge in [-0.3, -0.25) is 10.2 Å². The highest BCUT2D eigenvalue weighted by Gasteiger charge is 2.17. The topological polar surface area (TPSA) is 67.4 Å². The second-order valence-corrected chi connectivity index (χ2v) is 4.90. The molecule has 1 aromatic rings. The molecule has 1 aromatic carbocycles. The zero-order valence-electron chi connectivity index (χ0n) is 11.0. The van der Waals surface area contributed by atoms with Gasteiger partial charge in [0, 0.05) is 5.56 Å². The van der Waals surface area contributed by atoms with Crippen molar-refractivity contribution >= 4 is 12.0 Å². The first kappa shape index (κ1) is 14.0. The van der Waals surface area contributed by atoms with Gasteiger partial charge in [-0.15, -0.1) is 0 Å². The second-order valence-electron chi connectivity index (χ2n) is 4.90. The van der Waals surface area contributed by atoms with E-state index in [2.05, 4.69) is 10.9 Å². The zero-order chi connectivity index (χ0) is 13.8. The number of hydrogen-bond donors (Lipinski definition) is 2. The summed E-state index contributed by atoms with van der Waals surface area (Å²) >= 11 is 0. The molecule has 0 spiro atoms. The van der Waals surface area contributed by atoms with Crippen LogP contribution < -0.4 is 10.9 Å². The summed E-state index contributed by atoms with van der Waals surface area (Å²) in [6, 6.07) is 7.10. The van der Waals surface area contributed by atoms with Gasteiger partial charge in [-0.25, -0.2) is 10.2 Å². The molecule has 0 aliphatic rings. The van der Waals surface area contributed by atoms with E-state index in [0.29, 0.717) is 5.56 Å². The van der Waals surface area contributed by atoms with Crippen molar-refractivity contribution in [2.45, 2.75) is 33.3 Å². The number of carbonyl (C=O) groups is 2. The number of rotatable bonds is 1. The molecule has 0 unspecified atom stereocenters. The molecule has 0 aromatic heterocycles. The average Bonchev–Trinajstić information content (AvgIpc) is 2.24. The van der Waals surface area contributed by atoms with Crippen molar-refractivity contribution in [2.24, 2.45) is 0 Å². The van der Waals surface area contributed by atoms with Gasteiger partial charge in [-0.2, -0.15) is 0 Å². The fourth-order valence-electron chi connectivity index (χ4n) is 1.31. The molecule has 2 amide bonds. The Balaban J connectivity index is 2.52. The van der Waals surface area contributed by atoms with Crippen LogP contribution in [0.15, 0.2) is 24.3 Å². The Morgan fingerprint density at radius 3 is 2.28 bits per heavy atom. The number of benzene rings is 1. The van der Waals surface area contributed by atoms with E-state index in [0.717, 1.165) is 5.56 Å². The molecule has 0 aliphatic carbocycles. The van der Waals surface area contributed by atoms with Gasteiger partial charge < -0.3 is 4.74 Å². The van der Waals surface area contributed by atoms with Crippen molar-refractivity contribution < 1.29 is 14.3 Å². The first-order valence-electron chi connectivity index (χ1n) is 5.64. The van der Waals surface area contributed by atoms with Crippen molar-refractivity contribution in [1.82, 2.24) is 10.9 Å². The Labute approximate surface area is 106 Å². The van der Waals surface area contributed by atoms with E-state index in [1.807, 2.05) is 19.1 Å². The molecule has 2 N–H and O–H groups in total. The molecule has 0 radical (unpaired) electrons. The SMILES string of the molecule is Cc1ccccc1C(=O)NNC(=O)OC(C)(C)C. The molecule has 0 aliphatic heterocycles. The summed E-state index contributed by atoms with van der Waals surface area (Å²) in [5.41, 5.74) is 5.25. The summed E-state index contributed by atoms with van der Waals surface area (Å²) < 4.78 is 4.99. The summed E-state index contributed by atoms with van der Waals surface area (Å²) in [5.74, 6) is -0.376. The molecular formula is C13H18N2O3. The van der Waals surface area contributed by atoms with Crippen LogP contribution in [0.3, 0.4) is 0 Å². The fourth-order valence-corrected chi connectivity index (χ4v) is 1.31. The van der Waals surface area contributed by atoms with Crippen molar-refractivity contribution in [3.63, 3.8) is 0 Å². The van der Waals surface area contributed by atoms with Crippen molar-refractivity contribution in [3.8, 4) is 0 Å². The third-order valence-electron chi connectivity index (χ3n) is 2.07. The third-order valence-corrected chi connectivity index (χ3v) is 2.07. The van der Waals surface area contributed by atoms with Crippen molar-refractivity contribution in [3.05, 3.63) is 35.4 Å². The molecule has 5 heteroatoms. The maximum absolute atomic E-state index is 11.8. The highest BCUT2D eigenvalue weighted by molar-refractivity contribution is 5.96. The minimum absolute atomic E-state index is 0.376. The number of hydrazine groups is 1. The zero-order valence-corrected chi connectivity index (χ0v) is 11.0. The van der Waals surface area contributed by atoms with E-state index in [1.54, 1.807) is 32.9 Å². The molecule has 0 atom stereocenters. The minimum Gasteiger partial charge on any atom is -0.443 e. The van der Waals surface area contributed by atoms with Gasteiger partial charge in [0.15, 0.2) is 0 Å². The summed E-state index contributed by atoms with van der Waals surface area (Å²) in [6.45, 7) is 7.06. The van der Waals surface area contributed by atoms with Crippen LogP contribution in [0.4, 0.5) is 4.79 Å². The molecule has 0 fully saturated rings. The highest BCUT2D eigenvalue weighted by Crippen LogP contribution is 2.07. The number of nitrogens with one attached hydrogen (secondary N) is 2. The quantitative estimate of drug-likeness (QED) is 0.750. The molecule has 98 valence electrons. The molecular weight excluding hydrogens is 232 g/mol. The monoisotopic (exact) mass is 250 g/mol. The lowest BCUT2D eigenvalue weighted by Gasteiger charge is -2.19. The van der Waals surface area contributed by atoms with Crippen molar-refractivity contribution in [1.29, 1.82) is 0 Å². The van der Waals surface area contributed by atoms with Crippen LogP contribution in [0.5, 0.6) is 0 Å². The molecule has 0 saturated heterocycles. The molecule has 0 bridgehead atoms. The van der Waals surface area contributed by atoms with Crippen LogP contribution in [0.2, 0.25) is 0 Å². The van der Waals surface area contributed by atoms with E-state index < -0.39 is 11.7 Å². The van der Waals surface area contributed by atoms with Gasteiger partial charge in [-0.1, -0.05) is 18.2 Å². The molecule has 0 heterocycles.